The Bertz CT molecular complexity index is 1430. The van der Waals surface area contributed by atoms with E-state index in [0.29, 0.717) is 6.61 Å². The highest BCUT2D eigenvalue weighted by molar-refractivity contribution is 6.71. The quantitative estimate of drug-likeness (QED) is 0.188. The zero-order valence-electron chi connectivity index (χ0n) is 26.3. The summed E-state index contributed by atoms with van der Waals surface area (Å²) in [5.41, 5.74) is 4.53. The molecule has 0 radical (unpaired) electrons. The number of halogens is 1. The first-order valence-electron chi connectivity index (χ1n) is 15.9. The number of nitrogens with zero attached hydrogens (tertiary/aromatic N) is 3. The summed E-state index contributed by atoms with van der Waals surface area (Å²) >= 11 is 0. The number of rotatable bonds is 10. The number of hydrogen-bond donors (Lipinski definition) is 0. The lowest BCUT2D eigenvalue weighted by Gasteiger charge is -2.37. The van der Waals surface area contributed by atoms with Crippen LogP contribution in [0.3, 0.4) is 0 Å². The first kappa shape index (κ1) is 30.3. The lowest BCUT2D eigenvalue weighted by molar-refractivity contribution is -0.0366. The number of alkyl halides is 1. The topological polar surface area (TPSA) is 58.0 Å². The average Bonchev–Trinajstić information content (AvgIpc) is 3.49. The molecule has 230 valence electrons. The van der Waals surface area contributed by atoms with E-state index >= 15 is 0 Å². The molecule has 3 fully saturated rings. The van der Waals surface area contributed by atoms with Crippen molar-refractivity contribution in [2.75, 3.05) is 39.5 Å². The van der Waals surface area contributed by atoms with Crippen LogP contribution in [0.15, 0.2) is 48.7 Å². The Morgan fingerprint density at radius 1 is 1.02 bits per heavy atom. The van der Waals surface area contributed by atoms with Crippen molar-refractivity contribution in [2.24, 2.45) is 5.92 Å². The summed E-state index contributed by atoms with van der Waals surface area (Å²) in [6.45, 7) is 14.2. The normalized spacial score (nSPS) is 22.9. The highest BCUT2D eigenvalue weighted by Crippen LogP contribution is 2.44. The number of hydrogen-bond acceptors (Lipinski definition) is 6. The van der Waals surface area contributed by atoms with E-state index in [4.69, 9.17) is 23.9 Å². The van der Waals surface area contributed by atoms with E-state index in [0.717, 1.165) is 85.2 Å². The molecule has 9 heteroatoms. The largest absolute Gasteiger partial charge is 0.495 e. The summed E-state index contributed by atoms with van der Waals surface area (Å²) in [4.78, 5) is 2.23. The summed E-state index contributed by atoms with van der Waals surface area (Å²) in [5, 5.41) is 5.80. The van der Waals surface area contributed by atoms with Gasteiger partial charge in [0, 0.05) is 37.5 Å². The van der Waals surface area contributed by atoms with Crippen molar-refractivity contribution in [3.8, 4) is 5.75 Å². The summed E-state index contributed by atoms with van der Waals surface area (Å²) in [7, 11) is -0.519. The van der Waals surface area contributed by atoms with Gasteiger partial charge in [-0.2, -0.15) is 5.10 Å². The second-order valence-electron chi connectivity index (χ2n) is 13.2. The Labute approximate surface area is 255 Å². The third kappa shape index (κ3) is 6.14. The van der Waals surface area contributed by atoms with E-state index < -0.39 is 18.3 Å². The van der Waals surface area contributed by atoms with Crippen molar-refractivity contribution in [1.82, 2.24) is 14.7 Å². The van der Waals surface area contributed by atoms with Crippen LogP contribution in [0, 0.1) is 5.92 Å². The molecule has 1 atom stereocenters. The Morgan fingerprint density at radius 3 is 2.40 bits per heavy atom. The molecular weight excluding hydrogens is 544 g/mol. The van der Waals surface area contributed by atoms with E-state index in [1.165, 1.54) is 5.57 Å². The first-order chi connectivity index (χ1) is 20.7. The van der Waals surface area contributed by atoms with E-state index in [1.54, 1.807) is 0 Å². The minimum atomic E-state index is -0.519. The van der Waals surface area contributed by atoms with Gasteiger partial charge in [0.25, 0.3) is 0 Å². The van der Waals surface area contributed by atoms with Crippen LogP contribution < -0.4 is 4.74 Å². The maximum atomic E-state index is 12.7. The highest BCUT2D eigenvalue weighted by Gasteiger charge is 2.53. The van der Waals surface area contributed by atoms with Gasteiger partial charge < -0.3 is 18.8 Å². The fourth-order valence-corrected chi connectivity index (χ4v) is 6.33. The number of ether oxygens (including phenoxy) is 2. The molecule has 3 aliphatic heterocycles. The molecule has 1 aromatic heterocycles. The minimum absolute atomic E-state index is 0.0138. The number of allylic oxidation sites excluding steroid dienone is 1. The Hall–Kier alpha value is -2.72. The van der Waals surface area contributed by atoms with Gasteiger partial charge in [-0.15, -0.1) is 0 Å². The van der Waals surface area contributed by atoms with Gasteiger partial charge in [-0.05, 0) is 99.8 Å². The Morgan fingerprint density at radius 2 is 1.74 bits per heavy atom. The second-order valence-corrected chi connectivity index (χ2v) is 13.2. The Kier molecular flexibility index (Phi) is 8.71. The van der Waals surface area contributed by atoms with Crippen molar-refractivity contribution >= 4 is 29.1 Å². The summed E-state index contributed by atoms with van der Waals surface area (Å²) in [6.07, 6.45) is 5.97. The number of aromatic nitrogens is 2. The number of fused-ring (bicyclic) bond motifs is 1. The fraction of sp³-hybridized carbons (Fsp3) is 0.559. The highest BCUT2D eigenvalue weighted by atomic mass is 19.1. The zero-order chi connectivity index (χ0) is 30.2. The Balaban J connectivity index is 1.30. The fourth-order valence-electron chi connectivity index (χ4n) is 6.33. The summed E-state index contributed by atoms with van der Waals surface area (Å²) in [5.74, 6) is 1.03. The van der Waals surface area contributed by atoms with Gasteiger partial charge in [-0.3, -0.25) is 9.29 Å². The third-order valence-electron chi connectivity index (χ3n) is 9.63. The van der Waals surface area contributed by atoms with Crippen molar-refractivity contribution in [3.05, 3.63) is 59.8 Å². The third-order valence-corrected chi connectivity index (χ3v) is 9.63. The summed E-state index contributed by atoms with van der Waals surface area (Å²) < 4.78 is 40.1. The van der Waals surface area contributed by atoms with Crippen molar-refractivity contribution in [3.63, 3.8) is 0 Å². The smallest absolute Gasteiger partial charge is 0.492 e. The van der Waals surface area contributed by atoms with Crippen LogP contribution in [0.25, 0.3) is 21.9 Å². The maximum absolute atomic E-state index is 12.7. The van der Waals surface area contributed by atoms with Gasteiger partial charge in [0.1, 0.15) is 12.4 Å². The molecule has 4 heterocycles. The van der Waals surface area contributed by atoms with Crippen LogP contribution in [0.2, 0.25) is 0 Å². The maximum Gasteiger partial charge on any atom is 0.495 e. The van der Waals surface area contributed by atoms with Gasteiger partial charge >= 0.3 is 7.12 Å². The van der Waals surface area contributed by atoms with Gasteiger partial charge in [0.2, 0.25) is 0 Å². The summed E-state index contributed by atoms with van der Waals surface area (Å²) in [6, 6.07) is 14.8. The monoisotopic (exact) mass is 589 g/mol. The van der Waals surface area contributed by atoms with Crippen LogP contribution >= 0.6 is 0 Å². The van der Waals surface area contributed by atoms with Gasteiger partial charge in [-0.25, -0.2) is 4.68 Å². The van der Waals surface area contributed by atoms with Crippen LogP contribution in [0.1, 0.15) is 77.7 Å². The van der Waals surface area contributed by atoms with Crippen LogP contribution in [0.4, 0.5) is 4.39 Å². The predicted molar refractivity (Wildman–Crippen MR) is 170 cm³/mol. The van der Waals surface area contributed by atoms with Gasteiger partial charge in [-0.1, -0.05) is 25.1 Å². The number of likely N-dealkylation sites (tertiary alicyclic amines) is 1. The molecule has 0 aliphatic carbocycles. The van der Waals surface area contributed by atoms with Gasteiger partial charge in [0.15, 0.2) is 6.23 Å². The molecule has 43 heavy (non-hydrogen) atoms. The first-order valence-corrected chi connectivity index (χ1v) is 15.9. The van der Waals surface area contributed by atoms with E-state index in [2.05, 4.69) is 69.9 Å². The van der Waals surface area contributed by atoms with Crippen molar-refractivity contribution in [1.29, 1.82) is 0 Å². The van der Waals surface area contributed by atoms with E-state index in [9.17, 15) is 4.39 Å². The van der Waals surface area contributed by atoms with Gasteiger partial charge in [0.05, 0.1) is 29.6 Å². The predicted octanol–water partition coefficient (Wildman–Crippen LogP) is 6.97. The number of benzene rings is 2. The van der Waals surface area contributed by atoms with E-state index in [-0.39, 0.29) is 18.8 Å². The molecule has 2 aromatic carbocycles. The lowest BCUT2D eigenvalue weighted by atomic mass is 9.69. The SMILES string of the molecule is CCC(=C(B1OC(C)(C)C(C)(C)O1)c1ccc2c(cnn2C2CCCCO2)c1)c1ccc(OCCN2CC(CF)C2)cc1. The van der Waals surface area contributed by atoms with Crippen LogP contribution in [-0.4, -0.2) is 72.5 Å². The lowest BCUT2D eigenvalue weighted by Crippen LogP contribution is -2.49. The molecule has 3 aromatic rings. The minimum Gasteiger partial charge on any atom is -0.492 e. The standard InChI is InChI=1S/C34H45BFN3O4/c1-6-29(25-10-13-28(14-11-25)40-18-16-38-22-24(20-36)23-38)32(35-42-33(2,3)34(4,5)43-35)26-12-15-30-27(19-26)21-37-39(30)31-9-7-8-17-41-31/h10-15,19,21,24,31H,6-9,16-18,20,22-23H2,1-5H3. The van der Waals surface area contributed by atoms with Crippen LogP contribution in [0.5, 0.6) is 5.75 Å². The van der Waals surface area contributed by atoms with Crippen molar-refractivity contribution in [2.45, 2.75) is 77.7 Å². The molecule has 7 nitrogen and oxygen atoms in total. The second kappa shape index (κ2) is 12.3. The average molecular weight is 590 g/mol. The molecule has 0 bridgehead atoms. The van der Waals surface area contributed by atoms with Crippen molar-refractivity contribution < 1.29 is 23.2 Å². The molecule has 3 saturated heterocycles. The zero-order valence-corrected chi connectivity index (χ0v) is 26.3. The molecule has 0 N–H and O–H groups in total. The molecule has 0 spiro atoms. The molecule has 0 saturated carbocycles. The molecule has 0 amide bonds. The molecule has 3 aliphatic rings. The molecule has 6 rings (SSSR count). The molecule has 1 unspecified atom stereocenters. The molecular formula is C34H45BFN3O4. The van der Waals surface area contributed by atoms with E-state index in [1.807, 2.05) is 23.0 Å². The van der Waals surface area contributed by atoms with Crippen LogP contribution in [-0.2, 0) is 14.0 Å².